The van der Waals surface area contributed by atoms with Gasteiger partial charge in [0, 0.05) is 24.3 Å². The van der Waals surface area contributed by atoms with Gasteiger partial charge in [-0.05, 0) is 67.8 Å². The standard InChI is InChI=1S/C24H24N2O3S/c1-17-15-20(24(27)26-18(2)16-19-9-7-8-12-23(19)26)13-14-22(17)25(3)30(28,29)21-10-5-4-6-11-21/h4-15,18H,16H2,1-3H3/t18-/m0/s1. The van der Waals surface area contributed by atoms with Crippen LogP contribution < -0.4 is 9.21 Å². The Labute approximate surface area is 177 Å². The van der Waals surface area contributed by atoms with E-state index in [1.165, 1.54) is 16.9 Å². The molecule has 0 N–H and O–H groups in total. The summed E-state index contributed by atoms with van der Waals surface area (Å²) in [5, 5.41) is 0. The number of nitrogens with zero attached hydrogens (tertiary/aromatic N) is 2. The number of amides is 1. The molecule has 0 fully saturated rings. The highest BCUT2D eigenvalue weighted by atomic mass is 32.2. The zero-order valence-corrected chi connectivity index (χ0v) is 18.1. The Morgan fingerprint density at radius 3 is 2.37 bits per heavy atom. The summed E-state index contributed by atoms with van der Waals surface area (Å²) in [7, 11) is -2.14. The first-order valence-corrected chi connectivity index (χ1v) is 11.3. The molecule has 30 heavy (non-hydrogen) atoms. The average Bonchev–Trinajstić information content (AvgIpc) is 3.09. The molecule has 0 saturated carbocycles. The number of carbonyl (C=O) groups excluding carboxylic acids is 1. The lowest BCUT2D eigenvalue weighted by atomic mass is 10.1. The maximum Gasteiger partial charge on any atom is 0.264 e. The Hall–Kier alpha value is -3.12. The Bertz CT molecular complexity index is 1210. The highest BCUT2D eigenvalue weighted by molar-refractivity contribution is 7.92. The lowest BCUT2D eigenvalue weighted by Gasteiger charge is -2.25. The van der Waals surface area contributed by atoms with Crippen LogP contribution >= 0.6 is 0 Å². The smallest absolute Gasteiger partial charge is 0.264 e. The topological polar surface area (TPSA) is 57.7 Å². The van der Waals surface area contributed by atoms with Crippen molar-refractivity contribution in [2.45, 2.75) is 31.2 Å². The summed E-state index contributed by atoms with van der Waals surface area (Å²) in [6.45, 7) is 3.86. The summed E-state index contributed by atoms with van der Waals surface area (Å²) >= 11 is 0. The number of benzene rings is 3. The molecule has 1 atom stereocenters. The number of aryl methyl sites for hydroxylation is 1. The van der Waals surface area contributed by atoms with Crippen molar-refractivity contribution < 1.29 is 13.2 Å². The Morgan fingerprint density at radius 2 is 1.67 bits per heavy atom. The van der Waals surface area contributed by atoms with Gasteiger partial charge in [-0.15, -0.1) is 0 Å². The third-order valence-electron chi connectivity index (χ3n) is 5.61. The molecule has 0 spiro atoms. The molecule has 0 saturated heterocycles. The van der Waals surface area contributed by atoms with Crippen LogP contribution in [0.25, 0.3) is 0 Å². The lowest BCUT2D eigenvalue weighted by molar-refractivity contribution is 0.0981. The van der Waals surface area contributed by atoms with Crippen molar-refractivity contribution >= 4 is 27.3 Å². The molecule has 154 valence electrons. The van der Waals surface area contributed by atoms with Crippen LogP contribution in [0.2, 0.25) is 0 Å². The van der Waals surface area contributed by atoms with E-state index in [1.54, 1.807) is 48.5 Å². The van der Waals surface area contributed by atoms with Gasteiger partial charge >= 0.3 is 0 Å². The largest absolute Gasteiger partial charge is 0.305 e. The monoisotopic (exact) mass is 420 g/mol. The number of hydrogen-bond acceptors (Lipinski definition) is 3. The van der Waals surface area contributed by atoms with Crippen LogP contribution in [-0.4, -0.2) is 27.4 Å². The van der Waals surface area contributed by atoms with E-state index in [-0.39, 0.29) is 16.8 Å². The van der Waals surface area contributed by atoms with Gasteiger partial charge in [0.2, 0.25) is 0 Å². The molecule has 3 aromatic carbocycles. The molecule has 1 aliphatic rings. The molecule has 0 aliphatic carbocycles. The molecular weight excluding hydrogens is 396 g/mol. The minimum Gasteiger partial charge on any atom is -0.305 e. The second-order valence-corrected chi connectivity index (χ2v) is 9.61. The van der Waals surface area contributed by atoms with Crippen molar-refractivity contribution in [1.29, 1.82) is 0 Å². The van der Waals surface area contributed by atoms with Crippen LogP contribution in [0.4, 0.5) is 11.4 Å². The van der Waals surface area contributed by atoms with E-state index in [2.05, 4.69) is 6.07 Å². The molecule has 0 bridgehead atoms. The van der Waals surface area contributed by atoms with Gasteiger partial charge < -0.3 is 4.90 Å². The summed E-state index contributed by atoms with van der Waals surface area (Å²) in [5.41, 5.74) is 3.93. The van der Waals surface area contributed by atoms with E-state index < -0.39 is 10.0 Å². The molecule has 5 nitrogen and oxygen atoms in total. The van der Waals surface area contributed by atoms with Gasteiger partial charge in [0.15, 0.2) is 0 Å². The third kappa shape index (κ3) is 3.37. The van der Waals surface area contributed by atoms with E-state index in [0.29, 0.717) is 11.3 Å². The second-order valence-electron chi connectivity index (χ2n) is 7.64. The van der Waals surface area contributed by atoms with Crippen LogP contribution in [0, 0.1) is 6.92 Å². The molecular formula is C24H24N2O3S. The number of carbonyl (C=O) groups is 1. The Morgan fingerprint density at radius 1 is 1.00 bits per heavy atom. The lowest BCUT2D eigenvalue weighted by Crippen LogP contribution is -2.35. The number of sulfonamides is 1. The van der Waals surface area contributed by atoms with Gasteiger partial charge in [-0.3, -0.25) is 9.10 Å². The maximum absolute atomic E-state index is 13.3. The van der Waals surface area contributed by atoms with Gasteiger partial charge in [0.25, 0.3) is 15.9 Å². The molecule has 0 aromatic heterocycles. The van der Waals surface area contributed by atoms with Crippen LogP contribution in [0.1, 0.15) is 28.4 Å². The summed E-state index contributed by atoms with van der Waals surface area (Å²) in [4.78, 5) is 15.3. The first-order chi connectivity index (χ1) is 14.3. The van der Waals surface area contributed by atoms with Crippen molar-refractivity contribution in [3.05, 3.63) is 89.5 Å². The molecule has 6 heteroatoms. The van der Waals surface area contributed by atoms with Crippen LogP contribution in [0.5, 0.6) is 0 Å². The van der Waals surface area contributed by atoms with Crippen LogP contribution in [0.3, 0.4) is 0 Å². The quantitative estimate of drug-likeness (QED) is 0.628. The van der Waals surface area contributed by atoms with Gasteiger partial charge in [-0.1, -0.05) is 36.4 Å². The van der Waals surface area contributed by atoms with Crippen LogP contribution in [0.15, 0.2) is 77.7 Å². The van der Waals surface area contributed by atoms with E-state index >= 15 is 0 Å². The van der Waals surface area contributed by atoms with Gasteiger partial charge in [0.1, 0.15) is 0 Å². The number of hydrogen-bond donors (Lipinski definition) is 0. The van der Waals surface area contributed by atoms with Gasteiger partial charge in [-0.25, -0.2) is 8.42 Å². The molecule has 0 unspecified atom stereocenters. The first kappa shape index (κ1) is 20.2. The fourth-order valence-electron chi connectivity index (χ4n) is 4.04. The van der Waals surface area contributed by atoms with E-state index in [9.17, 15) is 13.2 Å². The molecule has 4 rings (SSSR count). The fraction of sp³-hybridized carbons (Fsp3) is 0.208. The number of anilines is 2. The average molecular weight is 421 g/mol. The molecule has 1 amide bonds. The van der Waals surface area contributed by atoms with Crippen molar-refractivity contribution in [3.63, 3.8) is 0 Å². The Balaban J connectivity index is 1.65. The molecule has 3 aromatic rings. The highest BCUT2D eigenvalue weighted by Crippen LogP contribution is 2.34. The molecule has 1 aliphatic heterocycles. The predicted octanol–water partition coefficient (Wildman–Crippen LogP) is 4.41. The second kappa shape index (κ2) is 7.61. The SMILES string of the molecule is Cc1cc(C(=O)N2c3ccccc3C[C@@H]2C)ccc1N(C)S(=O)(=O)c1ccccc1. The third-order valence-corrected chi connectivity index (χ3v) is 7.40. The van der Waals surface area contributed by atoms with Crippen molar-refractivity contribution in [2.24, 2.45) is 0 Å². The maximum atomic E-state index is 13.3. The van der Waals surface area contributed by atoms with Gasteiger partial charge in [-0.2, -0.15) is 0 Å². The van der Waals surface area contributed by atoms with E-state index in [4.69, 9.17) is 0 Å². The number of fused-ring (bicyclic) bond motifs is 1. The fourth-order valence-corrected chi connectivity index (χ4v) is 5.32. The zero-order valence-electron chi connectivity index (χ0n) is 17.2. The Kier molecular flexibility index (Phi) is 5.12. The summed E-state index contributed by atoms with van der Waals surface area (Å²) in [6.07, 6.45) is 0.830. The van der Waals surface area contributed by atoms with E-state index in [0.717, 1.165) is 17.7 Å². The summed E-state index contributed by atoms with van der Waals surface area (Å²) in [5.74, 6) is -0.0735. The minimum absolute atomic E-state index is 0.0735. The first-order valence-electron chi connectivity index (χ1n) is 9.87. The minimum atomic E-state index is -3.67. The predicted molar refractivity (Wildman–Crippen MR) is 120 cm³/mol. The van der Waals surface area contributed by atoms with E-state index in [1.807, 2.05) is 36.9 Å². The van der Waals surface area contributed by atoms with Crippen molar-refractivity contribution in [2.75, 3.05) is 16.3 Å². The molecule has 0 radical (unpaired) electrons. The number of para-hydroxylation sites is 1. The molecule has 1 heterocycles. The normalized spacial score (nSPS) is 15.7. The summed E-state index contributed by atoms with van der Waals surface area (Å²) in [6, 6.07) is 21.5. The zero-order chi connectivity index (χ0) is 21.5. The number of rotatable bonds is 4. The van der Waals surface area contributed by atoms with Gasteiger partial charge in [0.05, 0.1) is 10.6 Å². The van der Waals surface area contributed by atoms with Crippen molar-refractivity contribution in [1.82, 2.24) is 0 Å². The van der Waals surface area contributed by atoms with Crippen molar-refractivity contribution in [3.8, 4) is 0 Å². The highest BCUT2D eigenvalue weighted by Gasteiger charge is 2.31. The van der Waals surface area contributed by atoms with Crippen LogP contribution in [-0.2, 0) is 16.4 Å². The summed E-state index contributed by atoms with van der Waals surface area (Å²) < 4.78 is 27.2.